The minimum absolute atomic E-state index is 0.380. The minimum atomic E-state index is -0.513. The molecular weight excluding hydrogens is 452 g/mol. The largest absolute Gasteiger partial charge is 0.309 e. The Hall–Kier alpha value is -4.51. The number of anilines is 1. The van der Waals surface area contributed by atoms with Crippen LogP contribution in [-0.2, 0) is 0 Å². The number of benzene rings is 1. The molecular formula is C24H19F2N9. The molecule has 1 aliphatic rings. The van der Waals surface area contributed by atoms with E-state index in [9.17, 15) is 8.78 Å². The number of aromatic nitrogens is 6. The summed E-state index contributed by atoms with van der Waals surface area (Å²) in [4.78, 5) is 15.2. The molecule has 0 radical (unpaired) electrons. The average Bonchev–Trinajstić information content (AvgIpc) is 3.54. The van der Waals surface area contributed by atoms with Gasteiger partial charge in [0.05, 0.1) is 53.4 Å². The minimum Gasteiger partial charge on any atom is -0.309 e. The molecule has 0 bridgehead atoms. The van der Waals surface area contributed by atoms with E-state index in [4.69, 9.17) is 10.7 Å². The van der Waals surface area contributed by atoms with Gasteiger partial charge in [0, 0.05) is 28.9 Å². The molecule has 1 aromatic carbocycles. The highest BCUT2D eigenvalue weighted by Crippen LogP contribution is 2.38. The number of aliphatic imine (C=N–C) groups is 1. The van der Waals surface area contributed by atoms with Crippen molar-refractivity contribution in [2.24, 2.45) is 10.7 Å². The first-order valence-corrected chi connectivity index (χ1v) is 10.8. The van der Waals surface area contributed by atoms with Gasteiger partial charge in [0.15, 0.2) is 5.82 Å². The van der Waals surface area contributed by atoms with Gasteiger partial charge in [-0.3, -0.25) is 10.1 Å². The molecule has 0 amide bonds. The second kappa shape index (κ2) is 8.06. The number of rotatable bonds is 4. The van der Waals surface area contributed by atoms with E-state index < -0.39 is 18.0 Å². The lowest BCUT2D eigenvalue weighted by molar-refractivity contribution is 0.556. The van der Waals surface area contributed by atoms with Gasteiger partial charge in [-0.25, -0.2) is 23.4 Å². The van der Waals surface area contributed by atoms with Crippen molar-refractivity contribution in [3.63, 3.8) is 0 Å². The molecule has 4 aromatic heterocycles. The molecule has 0 saturated heterocycles. The number of nitrogens with one attached hydrogen (secondary N) is 1. The lowest BCUT2D eigenvalue weighted by Gasteiger charge is -2.28. The highest BCUT2D eigenvalue weighted by molar-refractivity contribution is 5.86. The Morgan fingerprint density at radius 1 is 1.06 bits per heavy atom. The van der Waals surface area contributed by atoms with Gasteiger partial charge in [-0.05, 0) is 37.3 Å². The monoisotopic (exact) mass is 471 g/mol. The van der Waals surface area contributed by atoms with Crippen LogP contribution in [0.3, 0.4) is 0 Å². The summed E-state index contributed by atoms with van der Waals surface area (Å²) in [5, 5.41) is 11.9. The van der Waals surface area contributed by atoms with Gasteiger partial charge in [-0.2, -0.15) is 10.2 Å². The van der Waals surface area contributed by atoms with Crippen LogP contribution in [0.1, 0.15) is 30.4 Å². The molecule has 0 spiro atoms. The first-order chi connectivity index (χ1) is 17.0. The van der Waals surface area contributed by atoms with Crippen LogP contribution in [0, 0.1) is 11.6 Å². The van der Waals surface area contributed by atoms with E-state index in [0.29, 0.717) is 33.5 Å². The van der Waals surface area contributed by atoms with E-state index in [-0.39, 0.29) is 5.82 Å². The average molecular weight is 471 g/mol. The molecule has 1 aliphatic heterocycles. The van der Waals surface area contributed by atoms with Crippen LogP contribution in [0.25, 0.3) is 22.0 Å². The summed E-state index contributed by atoms with van der Waals surface area (Å²) in [7, 11) is 0. The summed E-state index contributed by atoms with van der Waals surface area (Å²) in [6.45, 7) is 1.92. The number of halogens is 2. The number of H-pyrrole nitrogens is 1. The van der Waals surface area contributed by atoms with E-state index >= 15 is 0 Å². The predicted octanol–water partition coefficient (Wildman–Crippen LogP) is 4.24. The molecule has 2 atom stereocenters. The van der Waals surface area contributed by atoms with Crippen LogP contribution < -0.4 is 10.6 Å². The number of hydrogen-bond donors (Lipinski definition) is 2. The normalized spacial score (nSPS) is 16.0. The highest BCUT2D eigenvalue weighted by Gasteiger charge is 2.29. The molecule has 6 rings (SSSR count). The molecule has 0 saturated carbocycles. The quantitative estimate of drug-likeness (QED) is 0.405. The lowest BCUT2D eigenvalue weighted by Crippen LogP contribution is -2.35. The van der Waals surface area contributed by atoms with Crippen LogP contribution >= 0.6 is 0 Å². The van der Waals surface area contributed by atoms with Gasteiger partial charge in [0.1, 0.15) is 17.8 Å². The fourth-order valence-electron chi connectivity index (χ4n) is 4.33. The summed E-state index contributed by atoms with van der Waals surface area (Å²) < 4.78 is 29.7. The SMILES string of the molecule is CC(c1nc2ccc(F)cc2cc1-c1cncc(F)c1)n1ncc2c1N=CN(c1cn[nH]c1)C2N. The second-order valence-corrected chi connectivity index (χ2v) is 8.25. The first-order valence-electron chi connectivity index (χ1n) is 10.8. The zero-order chi connectivity index (χ0) is 24.1. The van der Waals surface area contributed by atoms with Gasteiger partial charge >= 0.3 is 0 Å². The smallest absolute Gasteiger partial charge is 0.159 e. The summed E-state index contributed by atoms with van der Waals surface area (Å²) in [6, 6.07) is 7.13. The zero-order valence-electron chi connectivity index (χ0n) is 18.5. The Kier molecular flexibility index (Phi) is 4.85. The van der Waals surface area contributed by atoms with Crippen molar-refractivity contribution >= 4 is 28.7 Å². The Morgan fingerprint density at radius 2 is 1.94 bits per heavy atom. The maximum atomic E-state index is 14.1. The van der Waals surface area contributed by atoms with Crippen LogP contribution in [0.2, 0.25) is 0 Å². The molecule has 2 unspecified atom stereocenters. The molecule has 11 heteroatoms. The molecule has 0 fully saturated rings. The highest BCUT2D eigenvalue weighted by atomic mass is 19.1. The lowest BCUT2D eigenvalue weighted by atomic mass is 9.99. The zero-order valence-corrected chi connectivity index (χ0v) is 18.5. The molecule has 35 heavy (non-hydrogen) atoms. The van der Waals surface area contributed by atoms with Crippen molar-refractivity contribution in [3.8, 4) is 11.1 Å². The molecule has 3 N–H and O–H groups in total. The predicted molar refractivity (Wildman–Crippen MR) is 127 cm³/mol. The summed E-state index contributed by atoms with van der Waals surface area (Å²) in [5.74, 6) is -0.268. The van der Waals surface area contributed by atoms with Crippen LogP contribution in [0.15, 0.2) is 66.3 Å². The van der Waals surface area contributed by atoms with Crippen molar-refractivity contribution in [1.82, 2.24) is 29.9 Å². The summed E-state index contributed by atoms with van der Waals surface area (Å²) in [6.07, 6.45) is 8.87. The van der Waals surface area contributed by atoms with E-state index in [0.717, 1.165) is 17.4 Å². The van der Waals surface area contributed by atoms with E-state index in [1.54, 1.807) is 52.8 Å². The third-order valence-corrected chi connectivity index (χ3v) is 6.09. The molecule has 174 valence electrons. The third kappa shape index (κ3) is 3.53. The number of nitrogens with two attached hydrogens (primary N) is 1. The number of nitrogens with zero attached hydrogens (tertiary/aromatic N) is 7. The number of aromatic amines is 1. The van der Waals surface area contributed by atoms with Crippen LogP contribution in [0.5, 0.6) is 0 Å². The molecule has 0 aliphatic carbocycles. The van der Waals surface area contributed by atoms with Crippen LogP contribution in [-0.4, -0.2) is 36.3 Å². The maximum Gasteiger partial charge on any atom is 0.159 e. The Balaban J connectivity index is 1.48. The van der Waals surface area contributed by atoms with Crippen LogP contribution in [0.4, 0.5) is 20.3 Å². The number of pyridine rings is 2. The van der Waals surface area contributed by atoms with Crippen molar-refractivity contribution in [1.29, 1.82) is 0 Å². The topological polar surface area (TPSA) is 114 Å². The molecule has 5 aromatic rings. The van der Waals surface area contributed by atoms with Crippen molar-refractivity contribution in [2.75, 3.05) is 4.90 Å². The van der Waals surface area contributed by atoms with E-state index in [1.165, 1.54) is 18.2 Å². The molecule has 5 heterocycles. The van der Waals surface area contributed by atoms with Crippen molar-refractivity contribution in [3.05, 3.63) is 84.2 Å². The van der Waals surface area contributed by atoms with Gasteiger partial charge in [-0.15, -0.1) is 0 Å². The number of hydrogen-bond acceptors (Lipinski definition) is 7. The third-order valence-electron chi connectivity index (χ3n) is 6.09. The maximum absolute atomic E-state index is 14.1. The van der Waals surface area contributed by atoms with Crippen molar-refractivity contribution < 1.29 is 8.78 Å². The Morgan fingerprint density at radius 3 is 2.74 bits per heavy atom. The van der Waals surface area contributed by atoms with E-state index in [2.05, 4.69) is 25.3 Å². The Bertz CT molecular complexity index is 1580. The fourth-order valence-corrected chi connectivity index (χ4v) is 4.33. The van der Waals surface area contributed by atoms with Crippen molar-refractivity contribution in [2.45, 2.75) is 19.1 Å². The van der Waals surface area contributed by atoms with Gasteiger partial charge in [0.2, 0.25) is 0 Å². The van der Waals surface area contributed by atoms with Gasteiger partial charge in [-0.1, -0.05) is 0 Å². The second-order valence-electron chi connectivity index (χ2n) is 8.25. The number of fused-ring (bicyclic) bond motifs is 2. The summed E-state index contributed by atoms with van der Waals surface area (Å²) >= 11 is 0. The summed E-state index contributed by atoms with van der Waals surface area (Å²) in [5.41, 5.74) is 10.4. The van der Waals surface area contributed by atoms with Gasteiger partial charge < -0.3 is 10.6 Å². The Labute approximate surface area is 198 Å². The van der Waals surface area contributed by atoms with E-state index in [1.807, 2.05) is 6.92 Å². The standard InChI is InChI=1S/C24H19F2N9/c1-13(35-24-20(11-32-35)23(27)34(12-29-24)18-9-30-31-10-18)22-19(15-5-17(26)8-28-7-15)6-14-4-16(25)2-3-21(14)33-22/h2-13,23H,27H2,1H3,(H,30,31). The van der Waals surface area contributed by atoms with Gasteiger partial charge in [0.25, 0.3) is 0 Å². The fraction of sp³-hybridized carbons (Fsp3) is 0.125. The first kappa shape index (κ1) is 21.1. The molecule has 9 nitrogen and oxygen atoms in total.